The Bertz CT molecular complexity index is 348. The maximum absolute atomic E-state index is 10.8. The van der Waals surface area contributed by atoms with Gasteiger partial charge in [-0.3, -0.25) is 4.21 Å². The fraction of sp³-hybridized carbons (Fsp3) is 0.333. The van der Waals surface area contributed by atoms with Gasteiger partial charge in [0.1, 0.15) is 18.5 Å². The minimum Gasteiger partial charge on any atom is -0.768 e. The zero-order valence-electron chi connectivity index (χ0n) is 7.34. The molecule has 0 N–H and O–H groups in total. The van der Waals surface area contributed by atoms with E-state index in [1.165, 1.54) is 6.07 Å². The molecular weight excluding hydrogens is 204 g/mol. The van der Waals surface area contributed by atoms with Gasteiger partial charge in [-0.15, -0.1) is 0 Å². The molecule has 2 unspecified atom stereocenters. The first kappa shape index (κ1) is 9.64. The summed E-state index contributed by atoms with van der Waals surface area (Å²) in [5.41, 5.74) is 0. The highest BCUT2D eigenvalue weighted by molar-refractivity contribution is 7.79. The molecule has 2 atom stereocenters. The van der Waals surface area contributed by atoms with Gasteiger partial charge in [0.05, 0.1) is 11.5 Å². The van der Waals surface area contributed by atoms with E-state index in [-0.39, 0.29) is 11.0 Å². The van der Waals surface area contributed by atoms with Crippen LogP contribution in [0.2, 0.25) is 0 Å². The molecule has 1 aliphatic rings. The van der Waals surface area contributed by atoms with E-state index >= 15 is 0 Å². The van der Waals surface area contributed by atoms with Gasteiger partial charge in [-0.1, -0.05) is 12.1 Å². The standard InChI is InChI=1S/C9H10O4S/c10-14(11)9-4-2-1-3-8(9)13-6-7-5-12-7/h1-4,7H,5-6H2,(H,10,11)/p-1. The molecule has 4 nitrogen and oxygen atoms in total. The third-order valence-electron chi connectivity index (χ3n) is 1.86. The smallest absolute Gasteiger partial charge is 0.134 e. The van der Waals surface area contributed by atoms with E-state index in [9.17, 15) is 8.76 Å². The molecule has 1 fully saturated rings. The van der Waals surface area contributed by atoms with Gasteiger partial charge in [0.15, 0.2) is 0 Å². The first-order valence-corrected chi connectivity index (χ1v) is 5.27. The molecule has 0 radical (unpaired) electrons. The van der Waals surface area contributed by atoms with Crippen LogP contribution in [0.3, 0.4) is 0 Å². The van der Waals surface area contributed by atoms with Crippen molar-refractivity contribution < 1.29 is 18.2 Å². The lowest BCUT2D eigenvalue weighted by molar-refractivity contribution is 0.257. The lowest BCUT2D eigenvalue weighted by atomic mass is 10.3. The fourth-order valence-corrected chi connectivity index (χ4v) is 1.54. The highest BCUT2D eigenvalue weighted by Gasteiger charge is 2.23. The molecule has 2 rings (SSSR count). The molecule has 0 spiro atoms. The van der Waals surface area contributed by atoms with Gasteiger partial charge >= 0.3 is 0 Å². The van der Waals surface area contributed by atoms with Crippen molar-refractivity contribution in [1.82, 2.24) is 0 Å². The van der Waals surface area contributed by atoms with E-state index < -0.39 is 11.1 Å². The summed E-state index contributed by atoms with van der Waals surface area (Å²) in [4.78, 5) is 0.188. The topological polar surface area (TPSA) is 61.9 Å². The molecule has 0 amide bonds. The summed E-state index contributed by atoms with van der Waals surface area (Å²) in [5.74, 6) is 0.385. The largest absolute Gasteiger partial charge is 0.768 e. The van der Waals surface area contributed by atoms with Crippen molar-refractivity contribution in [3.63, 3.8) is 0 Å². The van der Waals surface area contributed by atoms with Crippen LogP contribution in [0.4, 0.5) is 0 Å². The monoisotopic (exact) mass is 213 g/mol. The van der Waals surface area contributed by atoms with Gasteiger partial charge in [-0.25, -0.2) is 0 Å². The summed E-state index contributed by atoms with van der Waals surface area (Å²) >= 11 is -2.25. The summed E-state index contributed by atoms with van der Waals surface area (Å²) in [6.07, 6.45) is 0.128. The molecule has 1 heterocycles. The molecular formula is C9H9O4S-. The van der Waals surface area contributed by atoms with E-state index in [1.54, 1.807) is 18.2 Å². The molecule has 1 saturated heterocycles. The molecule has 0 bridgehead atoms. The maximum Gasteiger partial charge on any atom is 0.134 e. The molecule has 0 aliphatic carbocycles. The number of benzene rings is 1. The lowest BCUT2D eigenvalue weighted by Crippen LogP contribution is -2.06. The molecule has 0 aromatic heterocycles. The average molecular weight is 213 g/mol. The van der Waals surface area contributed by atoms with Gasteiger partial charge in [-0.05, 0) is 23.2 Å². The quantitative estimate of drug-likeness (QED) is 0.545. The predicted octanol–water partition coefficient (Wildman–Crippen LogP) is 0.702. The third-order valence-corrected chi connectivity index (χ3v) is 2.55. The van der Waals surface area contributed by atoms with Crippen LogP contribution in [0.1, 0.15) is 0 Å². The second kappa shape index (κ2) is 4.08. The molecule has 14 heavy (non-hydrogen) atoms. The van der Waals surface area contributed by atoms with Crippen LogP contribution < -0.4 is 4.74 Å². The normalized spacial score (nSPS) is 21.6. The van der Waals surface area contributed by atoms with Crippen molar-refractivity contribution in [2.45, 2.75) is 11.0 Å². The molecule has 0 saturated carbocycles. The Labute approximate surface area is 84.1 Å². The van der Waals surface area contributed by atoms with Gasteiger partial charge < -0.3 is 14.0 Å². The lowest BCUT2D eigenvalue weighted by Gasteiger charge is -2.11. The Morgan fingerprint density at radius 1 is 1.57 bits per heavy atom. The zero-order valence-corrected chi connectivity index (χ0v) is 8.16. The number of para-hydroxylation sites is 1. The van der Waals surface area contributed by atoms with Gasteiger partial charge in [0.2, 0.25) is 0 Å². The number of hydrogen-bond donors (Lipinski definition) is 0. The minimum absolute atomic E-state index is 0.128. The highest BCUT2D eigenvalue weighted by Crippen LogP contribution is 2.22. The van der Waals surface area contributed by atoms with Gasteiger partial charge in [0.25, 0.3) is 0 Å². The first-order valence-electron chi connectivity index (χ1n) is 4.20. The van der Waals surface area contributed by atoms with Crippen LogP contribution in [0, 0.1) is 0 Å². The van der Waals surface area contributed by atoms with Crippen molar-refractivity contribution in [3.05, 3.63) is 24.3 Å². The Balaban J connectivity index is 2.09. The molecule has 76 valence electrons. The van der Waals surface area contributed by atoms with Crippen LogP contribution in [-0.2, 0) is 15.8 Å². The molecule has 1 aliphatic heterocycles. The van der Waals surface area contributed by atoms with Crippen molar-refractivity contribution >= 4 is 11.1 Å². The van der Waals surface area contributed by atoms with Crippen LogP contribution in [0.5, 0.6) is 5.75 Å². The second-order valence-corrected chi connectivity index (χ2v) is 3.86. The van der Waals surface area contributed by atoms with Crippen molar-refractivity contribution in [1.29, 1.82) is 0 Å². The minimum atomic E-state index is -2.25. The fourth-order valence-electron chi connectivity index (χ4n) is 1.05. The van der Waals surface area contributed by atoms with Gasteiger partial charge in [-0.2, -0.15) is 0 Å². The summed E-state index contributed by atoms with van der Waals surface area (Å²) < 4.78 is 31.8. The van der Waals surface area contributed by atoms with E-state index in [2.05, 4.69) is 0 Å². The summed E-state index contributed by atoms with van der Waals surface area (Å²) in [6, 6.07) is 6.53. The summed E-state index contributed by atoms with van der Waals surface area (Å²) in [5, 5.41) is 0. The van der Waals surface area contributed by atoms with Crippen molar-refractivity contribution in [2.24, 2.45) is 0 Å². The SMILES string of the molecule is O=S([O-])c1ccccc1OCC1CO1. The molecule has 5 heteroatoms. The van der Waals surface area contributed by atoms with Crippen LogP contribution in [0.25, 0.3) is 0 Å². The Kier molecular flexibility index (Phi) is 2.81. The second-order valence-electron chi connectivity index (χ2n) is 2.95. The van der Waals surface area contributed by atoms with Crippen LogP contribution >= 0.6 is 0 Å². The van der Waals surface area contributed by atoms with Crippen molar-refractivity contribution in [3.8, 4) is 5.75 Å². The predicted molar refractivity (Wildman–Crippen MR) is 48.9 cm³/mol. The summed E-state index contributed by atoms with van der Waals surface area (Å²) in [7, 11) is 0. The Morgan fingerprint density at radius 2 is 2.29 bits per heavy atom. The third kappa shape index (κ3) is 2.31. The molecule has 1 aromatic rings. The number of hydrogen-bond acceptors (Lipinski definition) is 4. The number of rotatable bonds is 4. The maximum atomic E-state index is 10.8. The zero-order chi connectivity index (χ0) is 9.97. The van der Waals surface area contributed by atoms with E-state index in [1.807, 2.05) is 0 Å². The van der Waals surface area contributed by atoms with Crippen LogP contribution in [0.15, 0.2) is 29.2 Å². The van der Waals surface area contributed by atoms with E-state index in [4.69, 9.17) is 9.47 Å². The number of epoxide rings is 1. The van der Waals surface area contributed by atoms with Crippen molar-refractivity contribution in [2.75, 3.05) is 13.2 Å². The van der Waals surface area contributed by atoms with Gasteiger partial charge in [0, 0.05) is 0 Å². The average Bonchev–Trinajstić information content (AvgIpc) is 2.98. The van der Waals surface area contributed by atoms with E-state index in [0.717, 1.165) is 0 Å². The van der Waals surface area contributed by atoms with E-state index in [0.29, 0.717) is 19.0 Å². The Hall–Kier alpha value is -0.910. The molecule has 1 aromatic carbocycles. The number of ether oxygens (including phenoxy) is 2. The highest BCUT2D eigenvalue weighted by atomic mass is 32.2. The first-order chi connectivity index (χ1) is 6.77. The summed E-state index contributed by atoms with van der Waals surface area (Å²) in [6.45, 7) is 1.11. The van der Waals surface area contributed by atoms with Crippen LogP contribution in [-0.4, -0.2) is 28.1 Å². The Morgan fingerprint density at radius 3 is 2.93 bits per heavy atom.